The van der Waals surface area contributed by atoms with Crippen LogP contribution in [-0.4, -0.2) is 22.9 Å². The molecule has 0 aromatic carbocycles. The van der Waals surface area contributed by atoms with Crippen molar-refractivity contribution in [2.45, 2.75) is 29.9 Å². The number of allylic oxidation sites excluding steroid dienone is 3. The van der Waals surface area contributed by atoms with Gasteiger partial charge in [-0.15, -0.1) is 11.3 Å². The Morgan fingerprint density at radius 3 is 2.85 bits per heavy atom. The summed E-state index contributed by atoms with van der Waals surface area (Å²) >= 11 is 1.12. The molecule has 1 aliphatic rings. The molecule has 0 aliphatic heterocycles. The van der Waals surface area contributed by atoms with E-state index in [1.807, 2.05) is 24.3 Å². The van der Waals surface area contributed by atoms with Crippen LogP contribution in [0.2, 0.25) is 0 Å². The van der Waals surface area contributed by atoms with Crippen LogP contribution in [-0.2, 0) is 19.6 Å². The lowest BCUT2D eigenvalue weighted by Gasteiger charge is -2.18. The van der Waals surface area contributed by atoms with Crippen LogP contribution in [0.15, 0.2) is 52.4 Å². The summed E-state index contributed by atoms with van der Waals surface area (Å²) in [6.07, 6.45) is 9.02. The van der Waals surface area contributed by atoms with Crippen LogP contribution >= 0.6 is 11.3 Å². The zero-order valence-corrected chi connectivity index (χ0v) is 16.1. The molecule has 1 atom stereocenters. The molecule has 1 aliphatic carbocycles. The summed E-state index contributed by atoms with van der Waals surface area (Å²) in [4.78, 5) is 22.6. The van der Waals surface area contributed by atoms with E-state index >= 15 is 0 Å². The monoisotopic (exact) mass is 387 g/mol. The van der Waals surface area contributed by atoms with Gasteiger partial charge in [0.15, 0.2) is 5.13 Å². The van der Waals surface area contributed by atoms with Crippen LogP contribution in [0.25, 0.3) is 0 Å². The number of pyridine rings is 1. The molecule has 1 unspecified atom stereocenters. The molecule has 0 spiro atoms. The van der Waals surface area contributed by atoms with E-state index in [1.54, 1.807) is 20.2 Å². The zero-order valence-electron chi connectivity index (χ0n) is 14.5. The van der Waals surface area contributed by atoms with E-state index in [2.05, 4.69) is 22.1 Å². The number of aryl methyl sites for hydroxylation is 1. The largest absolute Gasteiger partial charge is 0.439 e. The van der Waals surface area contributed by atoms with Gasteiger partial charge in [0, 0.05) is 30.6 Å². The lowest BCUT2D eigenvalue weighted by Crippen LogP contribution is -2.26. The summed E-state index contributed by atoms with van der Waals surface area (Å²) < 4.78 is 19.1. The lowest BCUT2D eigenvalue weighted by atomic mass is 9.92. The van der Waals surface area contributed by atoms with Crippen LogP contribution in [0, 0.1) is 11.7 Å². The molecular formula is C18H19N4O2S2-. The summed E-state index contributed by atoms with van der Waals surface area (Å²) in [5.74, 6) is 0.150. The standard InChI is InChI=1S/C18H19N4O2S2/c1-12-17(26(19)24)25-18(21-12)22(2)16(23)11-13-6-8-14(9-7-13)15-5-3-4-10-20-15/h3-8,10,14,19H,9,11H2,1-2H3/q-1. The Labute approximate surface area is 158 Å². The highest BCUT2D eigenvalue weighted by Gasteiger charge is 2.18. The van der Waals surface area contributed by atoms with E-state index in [9.17, 15) is 9.00 Å². The number of carbonyl (C=O) groups is 1. The fraction of sp³-hybridized carbons (Fsp3) is 0.278. The first-order valence-corrected chi connectivity index (χ1v) is 10.1. The van der Waals surface area contributed by atoms with Crippen LogP contribution in [0.1, 0.15) is 30.1 Å². The first kappa shape index (κ1) is 18.5. The molecule has 3 rings (SSSR count). The minimum Gasteiger partial charge on any atom is -0.439 e. The van der Waals surface area contributed by atoms with E-state index < -0.39 is 10.6 Å². The molecule has 0 saturated carbocycles. The molecule has 0 radical (unpaired) electrons. The second-order valence-corrected chi connectivity index (χ2v) is 8.18. The summed E-state index contributed by atoms with van der Waals surface area (Å²) in [6.45, 7) is 1.70. The van der Waals surface area contributed by atoms with Gasteiger partial charge in [-0.1, -0.05) is 24.3 Å². The van der Waals surface area contributed by atoms with E-state index in [1.165, 1.54) is 4.90 Å². The summed E-state index contributed by atoms with van der Waals surface area (Å²) in [6, 6.07) is 5.88. The topological polar surface area (TPSA) is 87.0 Å². The highest BCUT2D eigenvalue weighted by molar-refractivity contribution is 7.76. The van der Waals surface area contributed by atoms with Gasteiger partial charge in [-0.25, -0.2) is 4.98 Å². The second-order valence-electron chi connectivity index (χ2n) is 6.00. The molecule has 0 bridgehead atoms. The number of amides is 1. The molecule has 8 heteroatoms. The van der Waals surface area contributed by atoms with Crippen LogP contribution in [0.5, 0.6) is 0 Å². The minimum absolute atomic E-state index is 0.0896. The minimum atomic E-state index is -1.84. The van der Waals surface area contributed by atoms with Gasteiger partial charge >= 0.3 is 0 Å². The smallest absolute Gasteiger partial charge is 0.232 e. The van der Waals surface area contributed by atoms with E-state index in [-0.39, 0.29) is 18.2 Å². The Morgan fingerprint density at radius 2 is 2.27 bits per heavy atom. The van der Waals surface area contributed by atoms with Crippen molar-refractivity contribution in [1.29, 1.82) is 4.78 Å². The average molecular weight is 388 g/mol. The molecule has 2 aromatic heterocycles. The molecule has 26 heavy (non-hydrogen) atoms. The number of aromatic nitrogens is 2. The van der Waals surface area contributed by atoms with Crippen molar-refractivity contribution in [2.75, 3.05) is 11.9 Å². The van der Waals surface area contributed by atoms with Crippen molar-refractivity contribution in [3.63, 3.8) is 0 Å². The Bertz CT molecular complexity index is 937. The van der Waals surface area contributed by atoms with E-state index in [0.717, 1.165) is 29.0 Å². The number of hydrogen-bond acceptors (Lipinski definition) is 7. The first-order chi connectivity index (χ1) is 12.5. The van der Waals surface area contributed by atoms with Gasteiger partial charge in [-0.2, -0.15) is 10.6 Å². The second kappa shape index (κ2) is 7.92. The lowest BCUT2D eigenvalue weighted by molar-refractivity contribution is -0.117. The number of nitrogens with one attached hydrogen (secondary N) is 1. The van der Waals surface area contributed by atoms with Gasteiger partial charge in [0.1, 0.15) is 0 Å². The Balaban J connectivity index is 1.64. The van der Waals surface area contributed by atoms with Crippen molar-refractivity contribution in [2.24, 2.45) is 0 Å². The highest BCUT2D eigenvalue weighted by atomic mass is 32.2. The number of thiazole rings is 1. The van der Waals surface area contributed by atoms with Gasteiger partial charge < -0.3 is 8.99 Å². The third kappa shape index (κ3) is 4.08. The maximum Gasteiger partial charge on any atom is 0.232 e. The van der Waals surface area contributed by atoms with Crippen molar-refractivity contribution in [3.05, 3.63) is 59.6 Å². The Hall–Kier alpha value is -2.32. The third-order valence-corrected chi connectivity index (χ3v) is 6.54. The maximum absolute atomic E-state index is 12.5. The first-order valence-electron chi connectivity index (χ1n) is 8.11. The zero-order chi connectivity index (χ0) is 18.7. The van der Waals surface area contributed by atoms with Crippen molar-refractivity contribution >= 4 is 33.0 Å². The summed E-state index contributed by atoms with van der Waals surface area (Å²) in [5.41, 5.74) is 2.52. The molecule has 1 amide bonds. The van der Waals surface area contributed by atoms with Gasteiger partial charge in [0.25, 0.3) is 0 Å². The van der Waals surface area contributed by atoms with Crippen molar-refractivity contribution < 1.29 is 9.00 Å². The highest BCUT2D eigenvalue weighted by Crippen LogP contribution is 2.29. The van der Waals surface area contributed by atoms with Gasteiger partial charge in [0.05, 0.1) is 6.42 Å². The Morgan fingerprint density at radius 1 is 1.46 bits per heavy atom. The Kier molecular flexibility index (Phi) is 5.63. The maximum atomic E-state index is 12.5. The molecule has 2 heterocycles. The predicted molar refractivity (Wildman–Crippen MR) is 103 cm³/mol. The van der Waals surface area contributed by atoms with Crippen LogP contribution in [0.3, 0.4) is 0 Å². The van der Waals surface area contributed by atoms with Crippen LogP contribution in [0.4, 0.5) is 5.13 Å². The molecule has 1 N–H and O–H groups in total. The molecular weight excluding hydrogens is 368 g/mol. The third-order valence-electron chi connectivity index (χ3n) is 4.17. The fourth-order valence-electron chi connectivity index (χ4n) is 2.69. The SMILES string of the molecule is Cc1nc(N(C)C(=O)CC2=CCC(c3ccccn3)C=C2)sc1[S-](=N)=O. The van der Waals surface area contributed by atoms with Gasteiger partial charge in [-0.05, 0) is 35.3 Å². The van der Waals surface area contributed by atoms with Gasteiger partial charge in [0.2, 0.25) is 5.91 Å². The molecule has 6 nitrogen and oxygen atoms in total. The van der Waals surface area contributed by atoms with Crippen LogP contribution < -0.4 is 4.90 Å². The molecule has 2 aromatic rings. The van der Waals surface area contributed by atoms with Crippen molar-refractivity contribution in [3.8, 4) is 0 Å². The van der Waals surface area contributed by atoms with E-state index in [0.29, 0.717) is 15.0 Å². The number of carbonyl (C=O) groups excluding carboxylic acids is 1. The van der Waals surface area contributed by atoms with Crippen molar-refractivity contribution in [1.82, 2.24) is 9.97 Å². The van der Waals surface area contributed by atoms with Gasteiger partial charge in [-0.3, -0.25) is 14.7 Å². The quantitative estimate of drug-likeness (QED) is 0.787. The summed E-state index contributed by atoms with van der Waals surface area (Å²) in [7, 11) is -0.185. The molecule has 0 fully saturated rings. The molecule has 136 valence electrons. The number of rotatable bonds is 5. The summed E-state index contributed by atoms with van der Waals surface area (Å²) in [5, 5.41) is 0.467. The number of hydrogen-bond donors (Lipinski definition) is 1. The predicted octanol–water partition coefficient (Wildman–Crippen LogP) is 3.95. The normalized spacial score (nSPS) is 16.6. The number of anilines is 1. The average Bonchev–Trinajstić information content (AvgIpc) is 3.04. The number of nitrogens with zero attached hydrogens (tertiary/aromatic N) is 3. The molecule has 0 saturated heterocycles. The fourth-order valence-corrected chi connectivity index (χ4v) is 4.32. The van der Waals surface area contributed by atoms with E-state index in [4.69, 9.17) is 4.78 Å².